The second kappa shape index (κ2) is 5.18. The third-order valence-corrected chi connectivity index (χ3v) is 2.08. The average molecular weight is 228 g/mol. The minimum atomic E-state index is 0.261. The van der Waals surface area contributed by atoms with Gasteiger partial charge in [-0.15, -0.1) is 5.10 Å². The minimum Gasteiger partial charge on any atom is -0.388 e. The Kier molecular flexibility index (Phi) is 4.16. The van der Waals surface area contributed by atoms with E-state index in [4.69, 9.17) is 22.7 Å². The van der Waals surface area contributed by atoms with E-state index in [9.17, 15) is 0 Å². The van der Waals surface area contributed by atoms with E-state index in [0.717, 1.165) is 12.2 Å². The van der Waals surface area contributed by atoms with Crippen molar-refractivity contribution in [3.8, 4) is 0 Å². The van der Waals surface area contributed by atoms with Crippen LogP contribution in [0.3, 0.4) is 0 Å². The van der Waals surface area contributed by atoms with E-state index in [2.05, 4.69) is 24.2 Å². The lowest BCUT2D eigenvalue weighted by Crippen LogP contribution is -2.16. The molecule has 15 heavy (non-hydrogen) atoms. The number of methoxy groups -OCH3 is 1. The maximum atomic E-state index is 5.55. The minimum absolute atomic E-state index is 0.261. The van der Waals surface area contributed by atoms with Gasteiger partial charge in [0.05, 0.1) is 12.3 Å². The number of rotatable bonds is 5. The molecule has 0 amide bonds. The number of nitrogens with two attached hydrogens (primary N) is 1. The van der Waals surface area contributed by atoms with Crippen LogP contribution in [0.2, 0.25) is 0 Å². The Morgan fingerprint density at radius 1 is 1.60 bits per heavy atom. The van der Waals surface area contributed by atoms with Gasteiger partial charge in [-0.1, -0.05) is 31.3 Å². The van der Waals surface area contributed by atoms with Crippen LogP contribution in [0.5, 0.6) is 0 Å². The van der Waals surface area contributed by atoms with Crippen molar-refractivity contribution >= 4 is 17.2 Å². The zero-order valence-electron chi connectivity index (χ0n) is 9.23. The van der Waals surface area contributed by atoms with Crippen LogP contribution < -0.4 is 5.73 Å². The molecule has 0 radical (unpaired) electrons. The average Bonchev–Trinajstić information content (AvgIpc) is 2.48. The van der Waals surface area contributed by atoms with E-state index >= 15 is 0 Å². The van der Waals surface area contributed by atoms with Gasteiger partial charge in [-0.05, 0) is 5.92 Å². The Morgan fingerprint density at radius 3 is 2.73 bits per heavy atom. The molecule has 1 rings (SSSR count). The molecule has 0 saturated carbocycles. The lowest BCUT2D eigenvalue weighted by atomic mass is 10.2. The van der Waals surface area contributed by atoms with Gasteiger partial charge < -0.3 is 10.5 Å². The summed E-state index contributed by atoms with van der Waals surface area (Å²) in [7, 11) is 1.62. The van der Waals surface area contributed by atoms with Crippen LogP contribution in [0.4, 0.5) is 0 Å². The molecule has 0 aliphatic carbocycles. The van der Waals surface area contributed by atoms with Crippen LogP contribution in [0.15, 0.2) is 0 Å². The molecule has 2 N–H and O–H groups in total. The maximum Gasteiger partial charge on any atom is 0.145 e. The van der Waals surface area contributed by atoms with Crippen LogP contribution in [-0.2, 0) is 17.9 Å². The van der Waals surface area contributed by atoms with E-state index in [-0.39, 0.29) is 4.99 Å². The Bertz CT molecular complexity index is 348. The first-order chi connectivity index (χ1) is 7.06. The van der Waals surface area contributed by atoms with Gasteiger partial charge >= 0.3 is 0 Å². The molecule has 0 saturated heterocycles. The molecule has 0 spiro atoms. The molecule has 1 heterocycles. The topological polar surface area (TPSA) is 66.0 Å². The Hall–Kier alpha value is -1.01. The Balaban J connectivity index is 3.00. The highest BCUT2D eigenvalue weighted by Crippen LogP contribution is 2.09. The molecule has 0 unspecified atom stereocenters. The molecule has 5 nitrogen and oxygen atoms in total. The summed E-state index contributed by atoms with van der Waals surface area (Å²) in [5.74, 6) is 0.488. The van der Waals surface area contributed by atoms with Crippen LogP contribution in [0.25, 0.3) is 0 Å². The van der Waals surface area contributed by atoms with Crippen LogP contribution in [-0.4, -0.2) is 27.1 Å². The van der Waals surface area contributed by atoms with Crippen molar-refractivity contribution in [3.05, 3.63) is 11.4 Å². The zero-order chi connectivity index (χ0) is 11.4. The summed E-state index contributed by atoms with van der Waals surface area (Å²) in [6.07, 6.45) is 0. The molecule has 1 aromatic heterocycles. The fraction of sp³-hybridized carbons (Fsp3) is 0.667. The van der Waals surface area contributed by atoms with Crippen molar-refractivity contribution in [1.29, 1.82) is 0 Å². The number of nitrogens with zero attached hydrogens (tertiary/aromatic N) is 3. The van der Waals surface area contributed by atoms with E-state index in [1.807, 2.05) is 0 Å². The van der Waals surface area contributed by atoms with Gasteiger partial charge in [0.2, 0.25) is 0 Å². The Labute approximate surface area is 94.6 Å². The summed E-state index contributed by atoms with van der Waals surface area (Å²) in [5, 5.41) is 7.97. The van der Waals surface area contributed by atoms with Crippen molar-refractivity contribution in [3.63, 3.8) is 0 Å². The van der Waals surface area contributed by atoms with Gasteiger partial charge in [0.15, 0.2) is 0 Å². The second-order valence-electron chi connectivity index (χ2n) is 3.76. The predicted molar refractivity (Wildman–Crippen MR) is 61.5 cm³/mol. The normalized spacial score (nSPS) is 10.9. The van der Waals surface area contributed by atoms with Gasteiger partial charge in [-0.2, -0.15) is 0 Å². The van der Waals surface area contributed by atoms with Crippen LogP contribution in [0.1, 0.15) is 25.2 Å². The van der Waals surface area contributed by atoms with Crippen LogP contribution >= 0.6 is 12.2 Å². The smallest absolute Gasteiger partial charge is 0.145 e. The van der Waals surface area contributed by atoms with Gasteiger partial charge in [-0.3, -0.25) is 0 Å². The van der Waals surface area contributed by atoms with Gasteiger partial charge in [-0.25, -0.2) is 4.68 Å². The molecular formula is C9H16N4OS. The fourth-order valence-electron chi connectivity index (χ4n) is 1.30. The molecule has 1 aromatic rings. The maximum absolute atomic E-state index is 5.55. The first-order valence-corrected chi connectivity index (χ1v) is 5.18. The SMILES string of the molecule is COCc1c(C(N)=S)nnn1CC(C)C. The highest BCUT2D eigenvalue weighted by Gasteiger charge is 2.15. The van der Waals surface area contributed by atoms with Crippen molar-refractivity contribution in [1.82, 2.24) is 15.0 Å². The van der Waals surface area contributed by atoms with Crippen LogP contribution in [0, 0.1) is 5.92 Å². The summed E-state index contributed by atoms with van der Waals surface area (Å²) in [6.45, 7) is 5.43. The quantitative estimate of drug-likeness (QED) is 0.752. The molecular weight excluding hydrogens is 212 g/mol. The summed E-state index contributed by atoms with van der Waals surface area (Å²) in [5.41, 5.74) is 6.96. The van der Waals surface area contributed by atoms with Crippen molar-refractivity contribution in [2.24, 2.45) is 11.7 Å². The number of ether oxygens (including phenoxy) is 1. The van der Waals surface area contributed by atoms with Gasteiger partial charge in [0, 0.05) is 13.7 Å². The summed E-state index contributed by atoms with van der Waals surface area (Å²) in [4.78, 5) is 0.261. The highest BCUT2D eigenvalue weighted by molar-refractivity contribution is 7.80. The monoisotopic (exact) mass is 228 g/mol. The largest absolute Gasteiger partial charge is 0.388 e. The van der Waals surface area contributed by atoms with E-state index in [1.165, 1.54) is 0 Å². The summed E-state index contributed by atoms with van der Waals surface area (Å²) >= 11 is 4.90. The van der Waals surface area contributed by atoms with E-state index in [1.54, 1.807) is 11.8 Å². The highest BCUT2D eigenvalue weighted by atomic mass is 32.1. The predicted octanol–water partition coefficient (Wildman–Crippen LogP) is 0.715. The second-order valence-corrected chi connectivity index (χ2v) is 4.20. The lowest BCUT2D eigenvalue weighted by molar-refractivity contribution is 0.175. The zero-order valence-corrected chi connectivity index (χ0v) is 10.0. The third-order valence-electron chi connectivity index (χ3n) is 1.89. The third kappa shape index (κ3) is 2.97. The molecule has 0 aromatic carbocycles. The standard InChI is InChI=1S/C9H16N4OS/c1-6(2)4-13-7(5-14-3)8(9(10)15)11-12-13/h6H,4-5H2,1-3H3,(H2,10,15). The lowest BCUT2D eigenvalue weighted by Gasteiger charge is -2.08. The summed E-state index contributed by atoms with van der Waals surface area (Å²) < 4.78 is 6.88. The molecule has 84 valence electrons. The van der Waals surface area contributed by atoms with Crippen molar-refractivity contribution in [2.75, 3.05) is 7.11 Å². The first-order valence-electron chi connectivity index (χ1n) is 4.77. The molecule has 0 aliphatic rings. The Morgan fingerprint density at radius 2 is 2.27 bits per heavy atom. The van der Waals surface area contributed by atoms with E-state index in [0.29, 0.717) is 18.2 Å². The number of hydrogen-bond donors (Lipinski definition) is 1. The van der Waals surface area contributed by atoms with Crippen molar-refractivity contribution in [2.45, 2.75) is 27.0 Å². The van der Waals surface area contributed by atoms with E-state index < -0.39 is 0 Å². The number of hydrogen-bond acceptors (Lipinski definition) is 4. The van der Waals surface area contributed by atoms with Gasteiger partial charge in [0.25, 0.3) is 0 Å². The molecule has 0 fully saturated rings. The molecule has 0 aliphatic heterocycles. The molecule has 6 heteroatoms. The fourth-order valence-corrected chi connectivity index (χ4v) is 1.45. The van der Waals surface area contributed by atoms with Gasteiger partial charge in [0.1, 0.15) is 10.7 Å². The first kappa shape index (κ1) is 12.1. The van der Waals surface area contributed by atoms with Crippen molar-refractivity contribution < 1.29 is 4.74 Å². The number of thiocarbonyl (C=S) groups is 1. The summed E-state index contributed by atoms with van der Waals surface area (Å²) in [6, 6.07) is 0. The molecule has 0 bridgehead atoms. The molecule has 0 atom stereocenters. The number of aromatic nitrogens is 3.